The third-order valence-electron chi connectivity index (χ3n) is 3.88. The Hall–Kier alpha value is -2.12. The van der Waals surface area contributed by atoms with Crippen LogP contribution < -0.4 is 9.47 Å². The molecular formula is C20H26O6. The fraction of sp³-hybridized carbons (Fsp3) is 0.400. The molecule has 0 aromatic heterocycles. The van der Waals surface area contributed by atoms with Gasteiger partial charge in [0.05, 0.1) is 13.2 Å². The van der Waals surface area contributed by atoms with Crippen molar-refractivity contribution in [2.24, 2.45) is 0 Å². The largest absolute Gasteiger partial charge is 0.491 e. The van der Waals surface area contributed by atoms with Gasteiger partial charge in [-0.3, -0.25) is 0 Å². The van der Waals surface area contributed by atoms with Crippen molar-refractivity contribution in [3.05, 3.63) is 59.7 Å². The Labute approximate surface area is 153 Å². The zero-order valence-electron chi connectivity index (χ0n) is 14.9. The molecule has 0 saturated carbocycles. The summed E-state index contributed by atoms with van der Waals surface area (Å²) in [6.45, 7) is -0.0204. The van der Waals surface area contributed by atoms with E-state index in [4.69, 9.17) is 24.4 Å². The standard InChI is InChI=1S/C20H26O6/c1-24-20(12-22)14-26-19-8-4-16(5-9-19)10-15-2-6-18(7-3-15)25-13-17(23)11-21/h2-9,17,20-23H,10-14H2,1H3. The van der Waals surface area contributed by atoms with Gasteiger partial charge in [-0.25, -0.2) is 0 Å². The topological polar surface area (TPSA) is 88.4 Å². The first-order valence-electron chi connectivity index (χ1n) is 8.50. The fourth-order valence-electron chi connectivity index (χ4n) is 2.27. The van der Waals surface area contributed by atoms with Crippen LogP contribution in [0.5, 0.6) is 11.5 Å². The average molecular weight is 362 g/mol. The number of benzene rings is 2. The van der Waals surface area contributed by atoms with E-state index in [2.05, 4.69) is 0 Å². The predicted molar refractivity (Wildman–Crippen MR) is 97.7 cm³/mol. The highest BCUT2D eigenvalue weighted by atomic mass is 16.5. The van der Waals surface area contributed by atoms with Gasteiger partial charge in [0, 0.05) is 7.11 Å². The van der Waals surface area contributed by atoms with Crippen LogP contribution in [0.4, 0.5) is 0 Å². The lowest BCUT2D eigenvalue weighted by molar-refractivity contribution is 0.0164. The predicted octanol–water partition coefficient (Wildman–Crippen LogP) is 1.40. The van der Waals surface area contributed by atoms with Gasteiger partial charge in [-0.1, -0.05) is 24.3 Å². The van der Waals surface area contributed by atoms with E-state index in [0.717, 1.165) is 23.3 Å². The molecule has 0 radical (unpaired) electrons. The number of methoxy groups -OCH3 is 1. The summed E-state index contributed by atoms with van der Waals surface area (Å²) in [5.74, 6) is 1.39. The highest BCUT2D eigenvalue weighted by Gasteiger charge is 2.07. The van der Waals surface area contributed by atoms with Crippen molar-refractivity contribution in [1.82, 2.24) is 0 Å². The Morgan fingerprint density at radius 2 is 1.27 bits per heavy atom. The molecule has 6 nitrogen and oxygen atoms in total. The van der Waals surface area contributed by atoms with Crippen molar-refractivity contribution in [2.45, 2.75) is 18.6 Å². The van der Waals surface area contributed by atoms with E-state index in [-0.39, 0.29) is 25.9 Å². The van der Waals surface area contributed by atoms with Crippen LogP contribution in [0.3, 0.4) is 0 Å². The number of hydrogen-bond acceptors (Lipinski definition) is 6. The molecule has 26 heavy (non-hydrogen) atoms. The molecule has 0 heterocycles. The van der Waals surface area contributed by atoms with Gasteiger partial charge in [-0.05, 0) is 41.8 Å². The summed E-state index contributed by atoms with van der Waals surface area (Å²) in [5.41, 5.74) is 2.28. The molecular weight excluding hydrogens is 336 g/mol. The molecule has 2 rings (SSSR count). The van der Waals surface area contributed by atoms with Crippen LogP contribution >= 0.6 is 0 Å². The molecule has 0 saturated heterocycles. The van der Waals surface area contributed by atoms with Gasteiger partial charge in [0.25, 0.3) is 0 Å². The maximum absolute atomic E-state index is 9.28. The summed E-state index contributed by atoms with van der Waals surface area (Å²) >= 11 is 0. The lowest BCUT2D eigenvalue weighted by Crippen LogP contribution is -2.24. The average Bonchev–Trinajstić information content (AvgIpc) is 2.69. The summed E-state index contributed by atoms with van der Waals surface area (Å²) in [6, 6.07) is 15.4. The van der Waals surface area contributed by atoms with E-state index in [1.807, 2.05) is 48.5 Å². The van der Waals surface area contributed by atoms with Crippen molar-refractivity contribution in [3.63, 3.8) is 0 Å². The Morgan fingerprint density at radius 1 is 0.769 bits per heavy atom. The van der Waals surface area contributed by atoms with Crippen molar-refractivity contribution in [1.29, 1.82) is 0 Å². The van der Waals surface area contributed by atoms with E-state index < -0.39 is 6.10 Å². The minimum Gasteiger partial charge on any atom is -0.491 e. The second-order valence-corrected chi connectivity index (χ2v) is 5.96. The highest BCUT2D eigenvalue weighted by Crippen LogP contribution is 2.18. The molecule has 2 unspecified atom stereocenters. The Balaban J connectivity index is 1.84. The summed E-state index contributed by atoms with van der Waals surface area (Å²) in [7, 11) is 1.54. The van der Waals surface area contributed by atoms with E-state index in [1.54, 1.807) is 7.11 Å². The zero-order valence-corrected chi connectivity index (χ0v) is 14.9. The van der Waals surface area contributed by atoms with Crippen molar-refractivity contribution < 1.29 is 29.5 Å². The van der Waals surface area contributed by atoms with Crippen LogP contribution in [0.1, 0.15) is 11.1 Å². The lowest BCUT2D eigenvalue weighted by Gasteiger charge is -2.14. The van der Waals surface area contributed by atoms with Crippen molar-refractivity contribution in [3.8, 4) is 11.5 Å². The van der Waals surface area contributed by atoms with E-state index in [0.29, 0.717) is 12.4 Å². The zero-order chi connectivity index (χ0) is 18.8. The van der Waals surface area contributed by atoms with Gasteiger partial charge >= 0.3 is 0 Å². The Morgan fingerprint density at radius 3 is 1.69 bits per heavy atom. The number of rotatable bonds is 11. The SMILES string of the molecule is COC(CO)COc1ccc(Cc2ccc(OCC(O)CO)cc2)cc1. The molecule has 0 aliphatic carbocycles. The van der Waals surface area contributed by atoms with Gasteiger partial charge < -0.3 is 29.5 Å². The van der Waals surface area contributed by atoms with Crippen LogP contribution in [0.2, 0.25) is 0 Å². The minimum absolute atomic E-state index is 0.0670. The van der Waals surface area contributed by atoms with Crippen LogP contribution in [0.15, 0.2) is 48.5 Å². The molecule has 2 atom stereocenters. The number of aliphatic hydroxyl groups excluding tert-OH is 3. The van der Waals surface area contributed by atoms with Crippen LogP contribution in [0, 0.1) is 0 Å². The van der Waals surface area contributed by atoms with Gasteiger partial charge in [-0.2, -0.15) is 0 Å². The van der Waals surface area contributed by atoms with Crippen molar-refractivity contribution >= 4 is 0 Å². The van der Waals surface area contributed by atoms with E-state index in [9.17, 15) is 5.11 Å². The lowest BCUT2D eigenvalue weighted by atomic mass is 10.0. The highest BCUT2D eigenvalue weighted by molar-refractivity contribution is 5.34. The summed E-state index contributed by atoms with van der Waals surface area (Å²) in [4.78, 5) is 0. The van der Waals surface area contributed by atoms with Gasteiger partial charge in [0.1, 0.15) is 36.9 Å². The first-order valence-corrected chi connectivity index (χ1v) is 8.50. The third-order valence-corrected chi connectivity index (χ3v) is 3.88. The normalized spacial score (nSPS) is 13.2. The summed E-state index contributed by atoms with van der Waals surface area (Å²) in [6.07, 6.45) is -0.419. The third kappa shape index (κ3) is 6.65. The second-order valence-electron chi connectivity index (χ2n) is 5.96. The van der Waals surface area contributed by atoms with Crippen LogP contribution in [-0.4, -0.2) is 61.1 Å². The smallest absolute Gasteiger partial charge is 0.119 e. The second kappa shape index (κ2) is 10.8. The first-order chi connectivity index (χ1) is 12.6. The first kappa shape index (κ1) is 20.2. The maximum Gasteiger partial charge on any atom is 0.119 e. The molecule has 0 spiro atoms. The van der Waals surface area contributed by atoms with Gasteiger partial charge in [0.15, 0.2) is 0 Å². The molecule has 0 amide bonds. The quantitative estimate of drug-likeness (QED) is 0.560. The van der Waals surface area contributed by atoms with E-state index in [1.165, 1.54) is 0 Å². The molecule has 0 fully saturated rings. The van der Waals surface area contributed by atoms with Gasteiger partial charge in [0.2, 0.25) is 0 Å². The maximum atomic E-state index is 9.28. The molecule has 0 bridgehead atoms. The molecule has 6 heteroatoms. The van der Waals surface area contributed by atoms with Crippen LogP contribution in [-0.2, 0) is 11.2 Å². The number of ether oxygens (including phenoxy) is 3. The summed E-state index contributed by atoms with van der Waals surface area (Å²) < 4.78 is 16.0. The van der Waals surface area contributed by atoms with E-state index >= 15 is 0 Å². The molecule has 0 aliphatic heterocycles. The number of aliphatic hydroxyl groups is 3. The van der Waals surface area contributed by atoms with Crippen molar-refractivity contribution in [2.75, 3.05) is 33.5 Å². The Kier molecular flexibility index (Phi) is 8.37. The van der Waals surface area contributed by atoms with Gasteiger partial charge in [-0.15, -0.1) is 0 Å². The fourth-order valence-corrected chi connectivity index (χ4v) is 2.27. The monoisotopic (exact) mass is 362 g/mol. The molecule has 0 aliphatic rings. The molecule has 3 N–H and O–H groups in total. The molecule has 2 aromatic rings. The number of hydrogen-bond donors (Lipinski definition) is 3. The molecule has 142 valence electrons. The summed E-state index contributed by atoms with van der Waals surface area (Å²) in [5, 5.41) is 27.1. The minimum atomic E-state index is -0.869. The van der Waals surface area contributed by atoms with Crippen LogP contribution in [0.25, 0.3) is 0 Å². The molecule has 2 aromatic carbocycles. The Bertz CT molecular complexity index is 622.